The van der Waals surface area contributed by atoms with E-state index in [9.17, 15) is 9.18 Å². The molecule has 1 saturated heterocycles. The number of amides is 1. The predicted octanol–water partition coefficient (Wildman–Crippen LogP) is 6.92. The number of carbonyl (C=O) groups is 1. The minimum absolute atomic E-state index is 0.156. The topological polar surface area (TPSA) is 61.4 Å². The van der Waals surface area contributed by atoms with Gasteiger partial charge in [0.1, 0.15) is 23.6 Å². The van der Waals surface area contributed by atoms with Crippen LogP contribution in [0.15, 0.2) is 79.0 Å². The van der Waals surface area contributed by atoms with Gasteiger partial charge in [0.05, 0.1) is 5.92 Å². The van der Waals surface area contributed by atoms with E-state index in [2.05, 4.69) is 107 Å². The number of nitrogens with one attached hydrogen (secondary N) is 1. The van der Waals surface area contributed by atoms with Gasteiger partial charge in [-0.05, 0) is 55.8 Å². The van der Waals surface area contributed by atoms with Crippen molar-refractivity contribution in [3.05, 3.63) is 90.1 Å². The molecule has 43 heavy (non-hydrogen) atoms. The number of rotatable bonds is 11. The number of carbonyl (C=O) groups excluding carboxylic acids is 1. The first-order valence-electron chi connectivity index (χ1n) is 15.8. The smallest absolute Gasteiger partial charge is 0.243 e. The Kier molecular flexibility index (Phi) is 8.68. The summed E-state index contributed by atoms with van der Waals surface area (Å²) in [6.45, 7) is 8.10. The van der Waals surface area contributed by atoms with Gasteiger partial charge in [-0.3, -0.25) is 4.79 Å². The molecule has 6 nitrogen and oxygen atoms in total. The second-order valence-corrected chi connectivity index (χ2v) is 12.3. The summed E-state index contributed by atoms with van der Waals surface area (Å²) < 4.78 is 16.1. The Morgan fingerprint density at radius 2 is 1.65 bits per heavy atom. The van der Waals surface area contributed by atoms with E-state index in [4.69, 9.17) is 4.98 Å². The zero-order valence-corrected chi connectivity index (χ0v) is 25.4. The maximum atomic E-state index is 13.6. The second-order valence-electron chi connectivity index (χ2n) is 12.3. The van der Waals surface area contributed by atoms with E-state index < -0.39 is 12.1 Å². The van der Waals surface area contributed by atoms with Crippen molar-refractivity contribution in [3.63, 3.8) is 0 Å². The van der Waals surface area contributed by atoms with Crippen molar-refractivity contribution in [2.75, 3.05) is 21.5 Å². The number of hydrogen-bond donors (Lipinski definition) is 1. The van der Waals surface area contributed by atoms with Crippen molar-refractivity contribution in [2.24, 2.45) is 5.92 Å². The molecule has 1 amide bonds. The minimum Gasteiger partial charge on any atom is -0.444 e. The molecule has 3 heterocycles. The SMILES string of the molecule is CCC1CCCN1c1cc2cc(NC(=O)C3CC3F)ncc2c(N(B(C)Cc2ccccc2)B(C)Cc2ccccc2)n1. The molecule has 2 aromatic heterocycles. The summed E-state index contributed by atoms with van der Waals surface area (Å²) in [6, 6.07) is 25.8. The molecule has 0 spiro atoms. The van der Waals surface area contributed by atoms with Crippen molar-refractivity contribution >= 4 is 47.8 Å². The quantitative estimate of drug-likeness (QED) is 0.197. The van der Waals surface area contributed by atoms with Crippen LogP contribution in [-0.2, 0) is 17.4 Å². The van der Waals surface area contributed by atoms with Crippen LogP contribution in [0, 0.1) is 5.92 Å². The zero-order chi connectivity index (χ0) is 29.9. The van der Waals surface area contributed by atoms with E-state index in [1.807, 2.05) is 12.3 Å². The number of hydrogen-bond acceptors (Lipinski definition) is 5. The van der Waals surface area contributed by atoms with Gasteiger partial charge >= 0.3 is 0 Å². The van der Waals surface area contributed by atoms with Crippen LogP contribution in [0.3, 0.4) is 0 Å². The summed E-state index contributed by atoms with van der Waals surface area (Å²) >= 11 is 0. The fourth-order valence-corrected chi connectivity index (χ4v) is 6.70. The molecule has 9 heteroatoms. The normalized spacial score (nSPS) is 19.3. The Morgan fingerprint density at radius 1 is 1.02 bits per heavy atom. The van der Waals surface area contributed by atoms with Crippen LogP contribution in [-0.4, -0.2) is 48.3 Å². The summed E-state index contributed by atoms with van der Waals surface area (Å²) in [5.74, 6) is 1.47. The fraction of sp³-hybridized carbons (Fsp3) is 0.382. The Labute approximate surface area is 255 Å². The van der Waals surface area contributed by atoms with Gasteiger partial charge in [-0.2, -0.15) is 0 Å². The van der Waals surface area contributed by atoms with Crippen molar-refractivity contribution in [2.45, 2.75) is 71.1 Å². The van der Waals surface area contributed by atoms with Crippen LogP contribution >= 0.6 is 0 Å². The maximum absolute atomic E-state index is 13.6. The average Bonchev–Trinajstić information content (AvgIpc) is 3.55. The summed E-state index contributed by atoms with van der Waals surface area (Å²) in [5, 5.41) is 4.78. The molecule has 1 aliphatic heterocycles. The lowest BCUT2D eigenvalue weighted by Gasteiger charge is -2.36. The zero-order valence-electron chi connectivity index (χ0n) is 25.4. The van der Waals surface area contributed by atoms with Gasteiger partial charge in [-0.1, -0.05) is 92.4 Å². The van der Waals surface area contributed by atoms with Gasteiger partial charge in [0, 0.05) is 24.2 Å². The fourth-order valence-electron chi connectivity index (χ4n) is 6.70. The third-order valence-electron chi connectivity index (χ3n) is 9.07. The molecule has 1 saturated carbocycles. The number of alkyl halides is 1. The number of halogens is 1. The average molecular weight is 575 g/mol. The van der Waals surface area contributed by atoms with Crippen LogP contribution in [0.4, 0.5) is 21.8 Å². The first-order chi connectivity index (χ1) is 20.9. The highest BCUT2D eigenvalue weighted by Crippen LogP contribution is 2.37. The number of fused-ring (bicyclic) bond motifs is 1. The number of anilines is 3. The second kappa shape index (κ2) is 12.8. The molecule has 1 N–H and O–H groups in total. The van der Waals surface area contributed by atoms with Gasteiger partial charge in [-0.15, -0.1) is 0 Å². The standard InChI is InChI=1S/C34H40B2FN5O/c1-4-27-16-11-17-41(27)32-19-26-18-31(39-34(43)28-20-30(28)37)38-23-29(26)33(40-32)42(35(2)21-24-12-7-5-8-13-24)36(3)22-25-14-9-6-10-15-25/h5-10,12-15,18-19,23,27-28,30H,4,11,16-17,20-22H2,1-3H3,(H,38,39,43). The van der Waals surface area contributed by atoms with E-state index in [1.54, 1.807) is 0 Å². The van der Waals surface area contributed by atoms with E-state index in [0.29, 0.717) is 18.3 Å². The highest BCUT2D eigenvalue weighted by atomic mass is 19.1. The molecule has 0 bridgehead atoms. The molecule has 6 rings (SSSR count). The maximum Gasteiger partial charge on any atom is 0.243 e. The molecule has 2 aromatic carbocycles. The Hall–Kier alpha value is -3.87. The lowest BCUT2D eigenvalue weighted by Crippen LogP contribution is -2.50. The van der Waals surface area contributed by atoms with Crippen LogP contribution in [0.1, 0.15) is 43.7 Å². The molecule has 220 valence electrons. The van der Waals surface area contributed by atoms with E-state index in [-0.39, 0.29) is 19.6 Å². The third-order valence-corrected chi connectivity index (χ3v) is 9.07. The third kappa shape index (κ3) is 6.56. The van der Waals surface area contributed by atoms with Gasteiger partial charge in [0.15, 0.2) is 0 Å². The lowest BCUT2D eigenvalue weighted by atomic mass is 9.45. The summed E-state index contributed by atoms with van der Waals surface area (Å²) in [5.41, 5.74) is 2.57. The highest BCUT2D eigenvalue weighted by molar-refractivity contribution is 6.82. The van der Waals surface area contributed by atoms with Gasteiger partial charge < -0.3 is 14.9 Å². The molecule has 0 radical (unpaired) electrons. The minimum atomic E-state index is -1.05. The molecule has 2 aliphatic rings. The van der Waals surface area contributed by atoms with Crippen LogP contribution in [0.5, 0.6) is 0 Å². The summed E-state index contributed by atoms with van der Waals surface area (Å²) in [7, 11) is 0. The number of aromatic nitrogens is 2. The van der Waals surface area contributed by atoms with Gasteiger partial charge in [-0.25, -0.2) is 14.4 Å². The molecule has 2 fully saturated rings. The predicted molar refractivity (Wildman–Crippen MR) is 178 cm³/mol. The first-order valence-corrected chi connectivity index (χ1v) is 15.8. The summed E-state index contributed by atoms with van der Waals surface area (Å²) in [4.78, 5) is 25.1. The van der Waals surface area contributed by atoms with Gasteiger partial charge in [0.2, 0.25) is 19.6 Å². The highest BCUT2D eigenvalue weighted by Gasteiger charge is 2.43. The molecule has 4 aromatic rings. The molecular weight excluding hydrogens is 535 g/mol. The van der Waals surface area contributed by atoms with Gasteiger partial charge in [0.25, 0.3) is 0 Å². The molecule has 1 aliphatic carbocycles. The van der Waals surface area contributed by atoms with Crippen LogP contribution in [0.25, 0.3) is 10.8 Å². The van der Waals surface area contributed by atoms with Crippen LogP contribution < -0.4 is 14.9 Å². The molecular formula is C34H40B2FN5O. The molecule has 3 unspecified atom stereocenters. The Balaban J connectivity index is 1.44. The van der Waals surface area contributed by atoms with Crippen LogP contribution in [0.2, 0.25) is 13.6 Å². The van der Waals surface area contributed by atoms with Crippen molar-refractivity contribution in [3.8, 4) is 0 Å². The Bertz CT molecular complexity index is 1510. The van der Waals surface area contributed by atoms with E-state index in [1.165, 1.54) is 11.1 Å². The lowest BCUT2D eigenvalue weighted by molar-refractivity contribution is -0.117. The van der Waals surface area contributed by atoms with Crippen molar-refractivity contribution in [1.29, 1.82) is 0 Å². The number of benzene rings is 2. The monoisotopic (exact) mass is 575 g/mol. The summed E-state index contributed by atoms with van der Waals surface area (Å²) in [6.07, 6.45) is 6.20. The van der Waals surface area contributed by atoms with E-state index >= 15 is 0 Å². The number of nitrogens with zero attached hydrogens (tertiary/aromatic N) is 4. The van der Waals surface area contributed by atoms with Crippen molar-refractivity contribution in [1.82, 2.24) is 9.97 Å². The Morgan fingerprint density at radius 3 is 2.23 bits per heavy atom. The number of pyridine rings is 2. The van der Waals surface area contributed by atoms with Crippen molar-refractivity contribution < 1.29 is 9.18 Å². The first kappa shape index (κ1) is 29.2. The van der Waals surface area contributed by atoms with E-state index in [0.717, 1.165) is 60.9 Å². The molecule has 3 atom stereocenters. The largest absolute Gasteiger partial charge is 0.444 e.